The fraction of sp³-hybridized carbons (Fsp3) is 0.261. The molecule has 5 nitrogen and oxygen atoms in total. The molecule has 0 spiro atoms. The minimum atomic E-state index is -4.73. The zero-order valence-electron chi connectivity index (χ0n) is 17.6. The molecule has 1 aromatic carbocycles. The largest absolute Gasteiger partial charge is 0.494 e. The maximum atomic E-state index is 13.6. The van der Waals surface area contributed by atoms with Crippen molar-refractivity contribution in [3.63, 3.8) is 0 Å². The van der Waals surface area contributed by atoms with Crippen LogP contribution < -0.4 is 10.1 Å². The van der Waals surface area contributed by atoms with Gasteiger partial charge >= 0.3 is 6.18 Å². The number of nitrogens with one attached hydrogen (secondary N) is 1. The number of hydrogen-bond acceptors (Lipinski definition) is 6. The molecule has 0 aliphatic rings. The van der Waals surface area contributed by atoms with E-state index in [0.717, 1.165) is 30.7 Å². The Labute approximate surface area is 197 Å². The molecule has 0 radical (unpaired) electrons. The third-order valence-corrected chi connectivity index (χ3v) is 6.27. The van der Waals surface area contributed by atoms with Crippen molar-refractivity contribution >= 4 is 34.7 Å². The number of thiophene rings is 1. The summed E-state index contributed by atoms with van der Waals surface area (Å²) >= 11 is 2.03. The summed E-state index contributed by atoms with van der Waals surface area (Å²) in [6.07, 6.45) is -2.82. The smallest absolute Gasteiger partial charge is 0.417 e. The molecule has 2 heterocycles. The van der Waals surface area contributed by atoms with Crippen molar-refractivity contribution in [1.29, 1.82) is 5.26 Å². The molecule has 0 bridgehead atoms. The molecular formula is C23H20F3N3O2S2. The van der Waals surface area contributed by atoms with Crippen LogP contribution in [0.4, 0.5) is 18.9 Å². The summed E-state index contributed by atoms with van der Waals surface area (Å²) in [5.74, 6) is -0.0411. The van der Waals surface area contributed by atoms with Gasteiger partial charge < -0.3 is 10.1 Å². The number of unbranched alkanes of at least 4 members (excludes halogenated alkanes) is 1. The standard InChI is InChI=1S/C23H20F3N3O2S2/c1-2-3-9-31-16-7-4-6-15(11-16)28-21(30)14-33-22-17(13-27)18(23(24,25)26)12-19(29-22)20-8-5-10-32-20/h4-8,10-12H,2-3,9,14H2,1H3,(H,28,30). The number of aromatic nitrogens is 1. The molecule has 0 aliphatic heterocycles. The van der Waals surface area contributed by atoms with Gasteiger partial charge in [0.25, 0.3) is 0 Å². The summed E-state index contributed by atoms with van der Waals surface area (Å²) in [6.45, 7) is 2.62. The van der Waals surface area contributed by atoms with E-state index >= 15 is 0 Å². The number of halogens is 3. The van der Waals surface area contributed by atoms with Crippen LogP contribution in [0.15, 0.2) is 52.9 Å². The summed E-state index contributed by atoms with van der Waals surface area (Å²) in [5.41, 5.74) is -1.04. The van der Waals surface area contributed by atoms with E-state index in [-0.39, 0.29) is 16.5 Å². The first-order valence-corrected chi connectivity index (χ1v) is 11.9. The lowest BCUT2D eigenvalue weighted by atomic mass is 10.1. The van der Waals surface area contributed by atoms with Gasteiger partial charge in [-0.05, 0) is 36.1 Å². The second kappa shape index (κ2) is 11.2. The van der Waals surface area contributed by atoms with Crippen molar-refractivity contribution in [2.45, 2.75) is 31.0 Å². The Kier molecular flexibility index (Phi) is 8.36. The number of thioether (sulfide) groups is 1. The second-order valence-corrected chi connectivity index (χ2v) is 8.80. The van der Waals surface area contributed by atoms with E-state index in [9.17, 15) is 23.2 Å². The van der Waals surface area contributed by atoms with Crippen LogP contribution in [0.5, 0.6) is 5.75 Å². The zero-order chi connectivity index (χ0) is 23.8. The number of alkyl halides is 3. The number of anilines is 1. The number of nitrogens with zero attached hydrogens (tertiary/aromatic N) is 2. The van der Waals surface area contributed by atoms with Crippen LogP contribution in [0.25, 0.3) is 10.6 Å². The van der Waals surface area contributed by atoms with Crippen molar-refractivity contribution in [3.05, 3.63) is 59.0 Å². The molecule has 0 saturated heterocycles. The van der Waals surface area contributed by atoms with Gasteiger partial charge in [-0.15, -0.1) is 11.3 Å². The molecule has 0 fully saturated rings. The van der Waals surface area contributed by atoms with Crippen LogP contribution in [-0.2, 0) is 11.0 Å². The number of amides is 1. The minimum Gasteiger partial charge on any atom is -0.494 e. The highest BCUT2D eigenvalue weighted by Gasteiger charge is 2.36. The first-order valence-electron chi connectivity index (χ1n) is 10.0. The van der Waals surface area contributed by atoms with Crippen LogP contribution in [-0.4, -0.2) is 23.3 Å². The monoisotopic (exact) mass is 491 g/mol. The summed E-state index contributed by atoms with van der Waals surface area (Å²) in [6, 6.07) is 12.7. The number of ether oxygens (including phenoxy) is 1. The molecule has 0 unspecified atom stereocenters. The number of pyridine rings is 1. The number of hydrogen-bond donors (Lipinski definition) is 1. The minimum absolute atomic E-state index is 0.108. The van der Waals surface area contributed by atoms with Crippen molar-refractivity contribution in [3.8, 4) is 22.4 Å². The van der Waals surface area contributed by atoms with Crippen molar-refractivity contribution in [2.75, 3.05) is 17.7 Å². The van der Waals surface area contributed by atoms with Crippen molar-refractivity contribution < 1.29 is 22.7 Å². The first-order chi connectivity index (χ1) is 15.8. The van der Waals surface area contributed by atoms with Gasteiger partial charge in [-0.2, -0.15) is 18.4 Å². The Morgan fingerprint density at radius 2 is 2.09 bits per heavy atom. The van der Waals surface area contributed by atoms with Crippen molar-refractivity contribution in [2.24, 2.45) is 0 Å². The second-order valence-electron chi connectivity index (χ2n) is 6.89. The molecular weight excluding hydrogens is 471 g/mol. The summed E-state index contributed by atoms with van der Waals surface area (Å²) in [4.78, 5) is 17.2. The molecule has 1 N–H and O–H groups in total. The Hall–Kier alpha value is -3.03. The highest BCUT2D eigenvalue weighted by Crippen LogP contribution is 2.38. The van der Waals surface area contributed by atoms with E-state index in [1.807, 2.05) is 0 Å². The first kappa shape index (κ1) is 24.6. The topological polar surface area (TPSA) is 75.0 Å². The molecule has 2 aromatic heterocycles. The Morgan fingerprint density at radius 3 is 2.76 bits per heavy atom. The molecule has 0 aliphatic carbocycles. The van der Waals surface area contributed by atoms with Gasteiger partial charge in [0.1, 0.15) is 16.8 Å². The lowest BCUT2D eigenvalue weighted by Gasteiger charge is -2.14. The number of carbonyl (C=O) groups excluding carboxylic acids is 1. The lowest BCUT2D eigenvalue weighted by molar-refractivity contribution is -0.138. The molecule has 33 heavy (non-hydrogen) atoms. The van der Waals surface area contributed by atoms with Gasteiger partial charge in [0.15, 0.2) is 0 Å². The van der Waals surface area contributed by atoms with Crippen LogP contribution in [0.1, 0.15) is 30.9 Å². The average Bonchev–Trinajstić information content (AvgIpc) is 3.32. The van der Waals surface area contributed by atoms with Gasteiger partial charge in [0.2, 0.25) is 5.91 Å². The molecule has 3 rings (SSSR count). The molecule has 10 heteroatoms. The molecule has 1 amide bonds. The van der Waals surface area contributed by atoms with E-state index < -0.39 is 23.2 Å². The van der Waals surface area contributed by atoms with Gasteiger partial charge in [-0.25, -0.2) is 4.98 Å². The summed E-state index contributed by atoms with van der Waals surface area (Å²) in [5, 5.41) is 13.7. The van der Waals surface area contributed by atoms with E-state index in [1.54, 1.807) is 47.8 Å². The fourth-order valence-corrected chi connectivity index (χ4v) is 4.33. The van der Waals surface area contributed by atoms with E-state index in [2.05, 4.69) is 17.2 Å². The molecule has 0 atom stereocenters. The molecule has 172 valence electrons. The summed E-state index contributed by atoms with van der Waals surface area (Å²) < 4.78 is 46.4. The van der Waals surface area contributed by atoms with Gasteiger partial charge in [0.05, 0.1) is 34.1 Å². The lowest BCUT2D eigenvalue weighted by Crippen LogP contribution is -2.15. The highest BCUT2D eigenvalue weighted by molar-refractivity contribution is 8.00. The Bertz CT molecular complexity index is 1140. The maximum absolute atomic E-state index is 13.6. The SMILES string of the molecule is CCCCOc1cccc(NC(=O)CSc2nc(-c3cccs3)cc(C(F)(F)F)c2C#N)c1. The molecule has 0 saturated carbocycles. The van der Waals surface area contributed by atoms with Crippen LogP contribution in [0, 0.1) is 11.3 Å². The highest BCUT2D eigenvalue weighted by atomic mass is 32.2. The Morgan fingerprint density at radius 1 is 1.27 bits per heavy atom. The maximum Gasteiger partial charge on any atom is 0.417 e. The predicted octanol–water partition coefficient (Wildman–Crippen LogP) is 6.61. The third kappa shape index (κ3) is 6.73. The van der Waals surface area contributed by atoms with E-state index in [1.165, 1.54) is 11.3 Å². The van der Waals surface area contributed by atoms with Gasteiger partial charge in [-0.3, -0.25) is 4.79 Å². The van der Waals surface area contributed by atoms with Crippen molar-refractivity contribution in [1.82, 2.24) is 4.98 Å². The van der Waals surface area contributed by atoms with Crippen LogP contribution in [0.2, 0.25) is 0 Å². The number of rotatable bonds is 9. The number of carbonyl (C=O) groups is 1. The van der Waals surface area contributed by atoms with E-state index in [4.69, 9.17) is 4.74 Å². The Balaban J connectivity index is 1.76. The number of benzene rings is 1. The predicted molar refractivity (Wildman–Crippen MR) is 123 cm³/mol. The fourth-order valence-electron chi connectivity index (χ4n) is 2.84. The average molecular weight is 492 g/mol. The third-order valence-electron chi connectivity index (χ3n) is 4.40. The zero-order valence-corrected chi connectivity index (χ0v) is 19.2. The van der Waals surface area contributed by atoms with Crippen LogP contribution in [0.3, 0.4) is 0 Å². The number of nitriles is 1. The van der Waals surface area contributed by atoms with Gasteiger partial charge in [-0.1, -0.05) is 37.2 Å². The summed E-state index contributed by atoms with van der Waals surface area (Å²) in [7, 11) is 0. The molecule has 3 aromatic rings. The van der Waals surface area contributed by atoms with E-state index in [0.29, 0.717) is 22.9 Å². The van der Waals surface area contributed by atoms with Gasteiger partial charge in [0, 0.05) is 11.8 Å². The quantitative estimate of drug-likeness (QED) is 0.269. The van der Waals surface area contributed by atoms with Crippen LogP contribution >= 0.6 is 23.1 Å². The normalized spacial score (nSPS) is 11.1.